The molecule has 1 aromatic carbocycles. The van der Waals surface area contributed by atoms with Gasteiger partial charge in [0, 0.05) is 24.6 Å². The molecule has 2 aromatic rings. The van der Waals surface area contributed by atoms with Gasteiger partial charge < -0.3 is 5.11 Å². The van der Waals surface area contributed by atoms with E-state index < -0.39 is 29.1 Å². The Bertz CT molecular complexity index is 590. The van der Waals surface area contributed by atoms with Crippen molar-refractivity contribution in [2.75, 3.05) is 0 Å². The fraction of sp³-hybridized carbons (Fsp3) is 0.385. The van der Waals surface area contributed by atoms with E-state index in [4.69, 9.17) is 0 Å². The van der Waals surface area contributed by atoms with Crippen molar-refractivity contribution >= 4 is 0 Å². The normalized spacial score (nSPS) is 12.9. The van der Waals surface area contributed by atoms with Crippen LogP contribution in [0, 0.1) is 17.5 Å². The monoisotopic (exact) mass is 285 g/mol. The lowest BCUT2D eigenvalue weighted by Crippen LogP contribution is -2.14. The zero-order valence-electron chi connectivity index (χ0n) is 11.0. The maximum atomic E-state index is 13.6. The maximum Gasteiger partial charge on any atom is 0.138 e. The Morgan fingerprint density at radius 3 is 2.35 bits per heavy atom. The van der Waals surface area contributed by atoms with Gasteiger partial charge in [0.1, 0.15) is 29.6 Å². The topological polar surface area (TPSA) is 50.9 Å². The largest absolute Gasteiger partial charge is 0.388 e. The minimum atomic E-state index is -1.46. The third kappa shape index (κ3) is 2.82. The van der Waals surface area contributed by atoms with Crippen molar-refractivity contribution in [2.45, 2.75) is 32.4 Å². The van der Waals surface area contributed by atoms with Gasteiger partial charge in [-0.25, -0.2) is 22.8 Å². The molecule has 4 nitrogen and oxygen atoms in total. The summed E-state index contributed by atoms with van der Waals surface area (Å²) in [6.07, 6.45) is -0.269. The molecular formula is C13H14F3N3O. The molecule has 1 unspecified atom stereocenters. The first-order valence-electron chi connectivity index (χ1n) is 6.11. The second kappa shape index (κ2) is 5.62. The van der Waals surface area contributed by atoms with Crippen LogP contribution in [0.25, 0.3) is 0 Å². The first-order chi connectivity index (χ1) is 9.40. The van der Waals surface area contributed by atoms with Crippen molar-refractivity contribution < 1.29 is 18.3 Å². The van der Waals surface area contributed by atoms with E-state index in [0.29, 0.717) is 18.0 Å². The molecule has 0 aliphatic carbocycles. The molecule has 108 valence electrons. The molecular weight excluding hydrogens is 271 g/mol. The highest BCUT2D eigenvalue weighted by molar-refractivity contribution is 5.23. The SMILES string of the molecule is CC(C)n1ncnc1CC(O)c1c(F)cc(F)cc1F. The predicted octanol–water partition coefficient (Wildman–Crippen LogP) is 2.55. The fourth-order valence-corrected chi connectivity index (χ4v) is 2.00. The Hall–Kier alpha value is -1.89. The Labute approximate surface area is 113 Å². The predicted molar refractivity (Wildman–Crippen MR) is 65.4 cm³/mol. The highest BCUT2D eigenvalue weighted by Crippen LogP contribution is 2.25. The van der Waals surface area contributed by atoms with E-state index in [1.54, 1.807) is 4.68 Å². The summed E-state index contributed by atoms with van der Waals surface area (Å²) in [6, 6.07) is 1.08. The van der Waals surface area contributed by atoms with E-state index in [0.717, 1.165) is 0 Å². The summed E-state index contributed by atoms with van der Waals surface area (Å²) in [5, 5.41) is 13.9. The van der Waals surface area contributed by atoms with Crippen LogP contribution in [0.3, 0.4) is 0 Å². The highest BCUT2D eigenvalue weighted by Gasteiger charge is 2.22. The van der Waals surface area contributed by atoms with Gasteiger partial charge in [0.15, 0.2) is 0 Å². The number of aromatic nitrogens is 3. The molecule has 0 amide bonds. The second-order valence-electron chi connectivity index (χ2n) is 4.72. The first-order valence-corrected chi connectivity index (χ1v) is 6.11. The van der Waals surface area contributed by atoms with Crippen molar-refractivity contribution in [3.05, 3.63) is 47.3 Å². The molecule has 20 heavy (non-hydrogen) atoms. The van der Waals surface area contributed by atoms with Crippen LogP contribution < -0.4 is 0 Å². The molecule has 0 aliphatic rings. The van der Waals surface area contributed by atoms with Gasteiger partial charge in [0.2, 0.25) is 0 Å². The number of aliphatic hydroxyl groups excluding tert-OH is 1. The first kappa shape index (κ1) is 14.5. The van der Waals surface area contributed by atoms with Crippen molar-refractivity contribution in [3.63, 3.8) is 0 Å². The number of halogens is 3. The van der Waals surface area contributed by atoms with E-state index in [1.165, 1.54) is 6.33 Å². The molecule has 0 aliphatic heterocycles. The molecule has 1 N–H and O–H groups in total. The molecule has 0 bridgehead atoms. The Morgan fingerprint density at radius 1 is 1.20 bits per heavy atom. The average molecular weight is 285 g/mol. The van der Waals surface area contributed by atoms with Crippen molar-refractivity contribution in [3.8, 4) is 0 Å². The van der Waals surface area contributed by atoms with Crippen LogP contribution in [0.1, 0.15) is 37.4 Å². The number of benzene rings is 1. The third-order valence-electron chi connectivity index (χ3n) is 2.89. The summed E-state index contributed by atoms with van der Waals surface area (Å²) in [7, 11) is 0. The van der Waals surface area contributed by atoms with Gasteiger partial charge in [0.05, 0.1) is 11.7 Å². The summed E-state index contributed by atoms with van der Waals surface area (Å²) < 4.78 is 41.5. The Kier molecular flexibility index (Phi) is 4.08. The molecule has 0 radical (unpaired) electrons. The van der Waals surface area contributed by atoms with Gasteiger partial charge in [-0.2, -0.15) is 5.10 Å². The smallest absolute Gasteiger partial charge is 0.138 e. The van der Waals surface area contributed by atoms with Gasteiger partial charge in [0.25, 0.3) is 0 Å². The molecule has 7 heteroatoms. The van der Waals surface area contributed by atoms with Crippen LogP contribution in [-0.4, -0.2) is 19.9 Å². The summed E-state index contributed by atoms with van der Waals surface area (Å²) in [5.74, 6) is -2.87. The highest BCUT2D eigenvalue weighted by atomic mass is 19.1. The number of hydrogen-bond donors (Lipinski definition) is 1. The summed E-state index contributed by atoms with van der Waals surface area (Å²) in [4.78, 5) is 3.95. The van der Waals surface area contributed by atoms with Gasteiger partial charge in [-0.05, 0) is 13.8 Å². The number of aliphatic hydroxyl groups is 1. The zero-order chi connectivity index (χ0) is 14.9. The number of hydrogen-bond acceptors (Lipinski definition) is 3. The lowest BCUT2D eigenvalue weighted by atomic mass is 10.0. The quantitative estimate of drug-likeness (QED) is 0.939. The van der Waals surface area contributed by atoms with Crippen LogP contribution >= 0.6 is 0 Å². The number of nitrogens with zero attached hydrogens (tertiary/aromatic N) is 3. The van der Waals surface area contributed by atoms with Crippen LogP contribution in [0.2, 0.25) is 0 Å². The van der Waals surface area contributed by atoms with Gasteiger partial charge in [-0.1, -0.05) is 0 Å². The van der Waals surface area contributed by atoms with E-state index in [2.05, 4.69) is 10.1 Å². The molecule has 0 spiro atoms. The summed E-state index contributed by atoms with van der Waals surface area (Å²) >= 11 is 0. The minimum absolute atomic E-state index is 0.00242. The summed E-state index contributed by atoms with van der Waals surface area (Å²) in [6.45, 7) is 3.73. The van der Waals surface area contributed by atoms with E-state index >= 15 is 0 Å². The molecule has 0 saturated carbocycles. The molecule has 0 saturated heterocycles. The molecule has 2 rings (SSSR count). The summed E-state index contributed by atoms with van der Waals surface area (Å²) in [5.41, 5.74) is -0.565. The van der Waals surface area contributed by atoms with Crippen LogP contribution in [0.5, 0.6) is 0 Å². The molecule has 0 fully saturated rings. The van der Waals surface area contributed by atoms with Crippen molar-refractivity contribution in [1.29, 1.82) is 0 Å². The van der Waals surface area contributed by atoms with Crippen molar-refractivity contribution in [2.24, 2.45) is 0 Å². The van der Waals surface area contributed by atoms with Crippen LogP contribution in [0.4, 0.5) is 13.2 Å². The Morgan fingerprint density at radius 2 is 1.80 bits per heavy atom. The van der Waals surface area contributed by atoms with Crippen LogP contribution in [-0.2, 0) is 6.42 Å². The average Bonchev–Trinajstić information content (AvgIpc) is 2.75. The number of rotatable bonds is 4. The fourth-order valence-electron chi connectivity index (χ4n) is 2.00. The molecule has 1 heterocycles. The van der Waals surface area contributed by atoms with E-state index in [9.17, 15) is 18.3 Å². The third-order valence-corrected chi connectivity index (χ3v) is 2.89. The maximum absolute atomic E-state index is 13.6. The minimum Gasteiger partial charge on any atom is -0.388 e. The zero-order valence-corrected chi connectivity index (χ0v) is 11.0. The standard InChI is InChI=1S/C13H14F3N3O/c1-7(2)19-12(17-6-18-19)5-11(20)13-9(15)3-8(14)4-10(13)16/h3-4,6-7,11,20H,5H2,1-2H3. The van der Waals surface area contributed by atoms with Crippen LogP contribution in [0.15, 0.2) is 18.5 Å². The second-order valence-corrected chi connectivity index (χ2v) is 4.72. The van der Waals surface area contributed by atoms with E-state index in [-0.39, 0.29) is 12.5 Å². The van der Waals surface area contributed by atoms with Gasteiger partial charge in [-0.3, -0.25) is 0 Å². The van der Waals surface area contributed by atoms with E-state index in [1.807, 2.05) is 13.8 Å². The Balaban J connectivity index is 2.29. The molecule has 1 aromatic heterocycles. The van der Waals surface area contributed by atoms with Gasteiger partial charge >= 0.3 is 0 Å². The lowest BCUT2D eigenvalue weighted by Gasteiger charge is -2.14. The lowest BCUT2D eigenvalue weighted by molar-refractivity contribution is 0.163. The van der Waals surface area contributed by atoms with Gasteiger partial charge in [-0.15, -0.1) is 0 Å². The molecule has 1 atom stereocenters. The van der Waals surface area contributed by atoms with Crippen molar-refractivity contribution in [1.82, 2.24) is 14.8 Å².